The van der Waals surface area contributed by atoms with Crippen LogP contribution < -0.4 is 10.2 Å². The Morgan fingerprint density at radius 1 is 1.15 bits per heavy atom. The number of aromatic nitrogens is 3. The van der Waals surface area contributed by atoms with E-state index in [4.69, 9.17) is 0 Å². The maximum absolute atomic E-state index is 13.1. The summed E-state index contributed by atoms with van der Waals surface area (Å²) >= 11 is 0. The SMILES string of the molecule is Cc1nc(NCc2ccccn2)cc(C(=O)N2CCCc3ccccc32)n1. The number of benzene rings is 1. The lowest BCUT2D eigenvalue weighted by Crippen LogP contribution is -2.36. The summed E-state index contributed by atoms with van der Waals surface area (Å²) in [6.07, 6.45) is 3.71. The van der Waals surface area contributed by atoms with Crippen molar-refractivity contribution in [2.45, 2.75) is 26.3 Å². The quantitative estimate of drug-likeness (QED) is 0.773. The van der Waals surface area contributed by atoms with Gasteiger partial charge in [0, 0.05) is 24.5 Å². The number of carbonyl (C=O) groups is 1. The zero-order valence-electron chi connectivity index (χ0n) is 15.2. The molecule has 4 rings (SSSR count). The number of hydrogen-bond donors (Lipinski definition) is 1. The molecule has 1 aromatic carbocycles. The number of anilines is 2. The van der Waals surface area contributed by atoms with Crippen LogP contribution in [-0.2, 0) is 13.0 Å². The minimum absolute atomic E-state index is 0.0893. The number of nitrogens with one attached hydrogen (secondary N) is 1. The third-order valence-electron chi connectivity index (χ3n) is 4.59. The van der Waals surface area contributed by atoms with Crippen molar-refractivity contribution in [3.05, 3.63) is 77.5 Å². The minimum atomic E-state index is -0.0893. The van der Waals surface area contributed by atoms with Crippen LogP contribution in [0.5, 0.6) is 0 Å². The van der Waals surface area contributed by atoms with E-state index in [9.17, 15) is 4.79 Å². The van der Waals surface area contributed by atoms with E-state index in [0.29, 0.717) is 30.4 Å². The molecule has 0 saturated heterocycles. The first-order valence-electron chi connectivity index (χ1n) is 9.10. The fourth-order valence-electron chi connectivity index (χ4n) is 3.33. The first-order chi connectivity index (χ1) is 13.2. The fraction of sp³-hybridized carbons (Fsp3) is 0.238. The molecule has 0 unspecified atom stereocenters. The monoisotopic (exact) mass is 359 g/mol. The molecule has 1 aliphatic heterocycles. The highest BCUT2D eigenvalue weighted by molar-refractivity contribution is 6.05. The number of amides is 1. The van der Waals surface area contributed by atoms with Gasteiger partial charge in [-0.05, 0) is 43.5 Å². The molecule has 136 valence electrons. The maximum Gasteiger partial charge on any atom is 0.277 e. The number of para-hydroxylation sites is 1. The zero-order valence-corrected chi connectivity index (χ0v) is 15.2. The van der Waals surface area contributed by atoms with Gasteiger partial charge in [-0.1, -0.05) is 24.3 Å². The average molecular weight is 359 g/mol. The Balaban J connectivity index is 1.57. The van der Waals surface area contributed by atoms with Crippen LogP contribution in [0.25, 0.3) is 0 Å². The highest BCUT2D eigenvalue weighted by Gasteiger charge is 2.24. The van der Waals surface area contributed by atoms with Crippen molar-refractivity contribution in [2.24, 2.45) is 0 Å². The highest BCUT2D eigenvalue weighted by Crippen LogP contribution is 2.28. The van der Waals surface area contributed by atoms with E-state index >= 15 is 0 Å². The fourth-order valence-corrected chi connectivity index (χ4v) is 3.33. The second kappa shape index (κ2) is 7.53. The highest BCUT2D eigenvalue weighted by atomic mass is 16.2. The lowest BCUT2D eigenvalue weighted by Gasteiger charge is -2.29. The van der Waals surface area contributed by atoms with Gasteiger partial charge in [-0.25, -0.2) is 9.97 Å². The molecule has 1 amide bonds. The Labute approximate surface area is 158 Å². The molecule has 0 aliphatic carbocycles. The molecule has 3 heterocycles. The van der Waals surface area contributed by atoms with E-state index < -0.39 is 0 Å². The van der Waals surface area contributed by atoms with Crippen molar-refractivity contribution < 1.29 is 4.79 Å². The van der Waals surface area contributed by atoms with Gasteiger partial charge in [0.15, 0.2) is 0 Å². The van der Waals surface area contributed by atoms with Gasteiger partial charge in [-0.15, -0.1) is 0 Å². The van der Waals surface area contributed by atoms with Crippen LogP contribution in [0.3, 0.4) is 0 Å². The van der Waals surface area contributed by atoms with Crippen molar-refractivity contribution in [1.82, 2.24) is 15.0 Å². The van der Waals surface area contributed by atoms with Gasteiger partial charge in [0.1, 0.15) is 17.3 Å². The molecule has 6 nitrogen and oxygen atoms in total. The summed E-state index contributed by atoms with van der Waals surface area (Å²) in [5.41, 5.74) is 3.50. The predicted octanol–water partition coefficient (Wildman–Crippen LogP) is 3.39. The van der Waals surface area contributed by atoms with Crippen molar-refractivity contribution in [1.29, 1.82) is 0 Å². The first-order valence-corrected chi connectivity index (χ1v) is 9.10. The Hall–Kier alpha value is -3.28. The van der Waals surface area contributed by atoms with E-state index in [1.54, 1.807) is 19.2 Å². The van der Waals surface area contributed by atoms with Crippen molar-refractivity contribution in [3.8, 4) is 0 Å². The number of hydrogen-bond acceptors (Lipinski definition) is 5. The molecular weight excluding hydrogens is 338 g/mol. The van der Waals surface area contributed by atoms with Gasteiger partial charge < -0.3 is 10.2 Å². The zero-order chi connectivity index (χ0) is 18.6. The molecule has 0 bridgehead atoms. The number of rotatable bonds is 4. The van der Waals surface area contributed by atoms with Crippen LogP contribution >= 0.6 is 0 Å². The van der Waals surface area contributed by atoms with Gasteiger partial charge in [-0.2, -0.15) is 0 Å². The van der Waals surface area contributed by atoms with Gasteiger partial charge in [0.2, 0.25) is 0 Å². The summed E-state index contributed by atoms with van der Waals surface area (Å²) in [6, 6.07) is 15.5. The average Bonchev–Trinajstić information content (AvgIpc) is 2.72. The molecule has 1 N–H and O–H groups in total. The van der Waals surface area contributed by atoms with Crippen LogP contribution in [0.1, 0.15) is 34.0 Å². The molecule has 0 spiro atoms. The van der Waals surface area contributed by atoms with E-state index in [0.717, 1.165) is 24.2 Å². The first kappa shape index (κ1) is 17.1. The Morgan fingerprint density at radius 2 is 2.00 bits per heavy atom. The van der Waals surface area contributed by atoms with Gasteiger partial charge >= 0.3 is 0 Å². The molecule has 0 saturated carbocycles. The molecule has 6 heteroatoms. The van der Waals surface area contributed by atoms with Crippen LogP contribution in [0.2, 0.25) is 0 Å². The number of nitrogens with zero attached hydrogens (tertiary/aromatic N) is 4. The van der Waals surface area contributed by atoms with Crippen molar-refractivity contribution in [2.75, 3.05) is 16.8 Å². The maximum atomic E-state index is 13.1. The van der Waals surface area contributed by atoms with Crippen molar-refractivity contribution in [3.63, 3.8) is 0 Å². The molecule has 0 fully saturated rings. The second-order valence-electron chi connectivity index (χ2n) is 6.55. The summed E-state index contributed by atoms with van der Waals surface area (Å²) in [6.45, 7) is 3.04. The molecule has 3 aromatic rings. The molecule has 0 atom stereocenters. The molecule has 27 heavy (non-hydrogen) atoms. The van der Waals surface area contributed by atoms with Gasteiger partial charge in [0.25, 0.3) is 5.91 Å². The van der Waals surface area contributed by atoms with E-state index in [-0.39, 0.29) is 5.91 Å². The summed E-state index contributed by atoms with van der Waals surface area (Å²) in [5, 5.41) is 3.23. The normalized spacial score (nSPS) is 13.1. The Morgan fingerprint density at radius 3 is 2.85 bits per heavy atom. The van der Waals surface area contributed by atoms with E-state index in [1.807, 2.05) is 41.3 Å². The Kier molecular flexibility index (Phi) is 4.78. The summed E-state index contributed by atoms with van der Waals surface area (Å²) in [4.78, 5) is 28.0. The third-order valence-corrected chi connectivity index (χ3v) is 4.59. The standard InChI is InChI=1S/C21H21N5O/c1-15-24-18(13-20(25-15)23-14-17-9-4-5-11-22-17)21(27)26-12-6-8-16-7-2-3-10-19(16)26/h2-5,7,9-11,13H,6,8,12,14H2,1H3,(H,23,24,25). The third kappa shape index (κ3) is 3.79. The number of pyridine rings is 1. The summed E-state index contributed by atoms with van der Waals surface area (Å²) < 4.78 is 0. The minimum Gasteiger partial charge on any atom is -0.364 e. The molecular formula is C21H21N5O. The molecule has 1 aliphatic rings. The van der Waals surface area contributed by atoms with E-state index in [2.05, 4.69) is 26.3 Å². The predicted molar refractivity (Wildman–Crippen MR) is 105 cm³/mol. The van der Waals surface area contributed by atoms with Gasteiger partial charge in [0.05, 0.1) is 12.2 Å². The second-order valence-corrected chi connectivity index (χ2v) is 6.55. The number of aryl methyl sites for hydroxylation is 2. The van der Waals surface area contributed by atoms with E-state index in [1.165, 1.54) is 5.56 Å². The lowest BCUT2D eigenvalue weighted by atomic mass is 10.0. The van der Waals surface area contributed by atoms with Gasteiger partial charge in [-0.3, -0.25) is 9.78 Å². The van der Waals surface area contributed by atoms with Crippen LogP contribution in [0.15, 0.2) is 54.7 Å². The van der Waals surface area contributed by atoms with Crippen LogP contribution in [0.4, 0.5) is 11.5 Å². The lowest BCUT2D eigenvalue weighted by molar-refractivity contribution is 0.0980. The summed E-state index contributed by atoms with van der Waals surface area (Å²) in [5.74, 6) is 1.10. The smallest absolute Gasteiger partial charge is 0.277 e. The van der Waals surface area contributed by atoms with Crippen LogP contribution in [-0.4, -0.2) is 27.4 Å². The summed E-state index contributed by atoms with van der Waals surface area (Å²) in [7, 11) is 0. The molecule has 0 radical (unpaired) electrons. The Bertz CT molecular complexity index is 958. The number of fused-ring (bicyclic) bond motifs is 1. The van der Waals surface area contributed by atoms with Crippen molar-refractivity contribution >= 4 is 17.4 Å². The van der Waals surface area contributed by atoms with Crippen LogP contribution in [0, 0.1) is 6.92 Å². The largest absolute Gasteiger partial charge is 0.364 e. The topological polar surface area (TPSA) is 71.0 Å². The molecule has 2 aromatic heterocycles. The number of carbonyl (C=O) groups excluding carboxylic acids is 1.